The van der Waals surface area contributed by atoms with Gasteiger partial charge in [-0.05, 0) is 19.9 Å². The van der Waals surface area contributed by atoms with Crippen LogP contribution in [0.4, 0.5) is 0 Å². The number of hydrogen-bond acceptors (Lipinski definition) is 3. The molecule has 1 heterocycles. The van der Waals surface area contributed by atoms with E-state index in [-0.39, 0.29) is 12.5 Å². The number of aliphatic hydroxyl groups excluding tert-OH is 1. The average Bonchev–Trinajstić information content (AvgIpc) is 1.87. The molecule has 1 fully saturated rings. The minimum atomic E-state index is -0.715. The van der Waals surface area contributed by atoms with Gasteiger partial charge in [0.2, 0.25) is 0 Å². The van der Waals surface area contributed by atoms with Crippen LogP contribution in [0.25, 0.3) is 0 Å². The van der Waals surface area contributed by atoms with Crippen molar-refractivity contribution in [3.63, 3.8) is 0 Å². The SMILES string of the molecule is CC1(O)CNCCC1CO. The van der Waals surface area contributed by atoms with Crippen LogP contribution in [0.1, 0.15) is 13.3 Å². The van der Waals surface area contributed by atoms with E-state index in [2.05, 4.69) is 5.32 Å². The molecule has 0 radical (unpaired) electrons. The summed E-state index contributed by atoms with van der Waals surface area (Å²) in [5.74, 6) is 0.0498. The Kier molecular flexibility index (Phi) is 2.28. The Morgan fingerprint density at radius 3 is 2.80 bits per heavy atom. The van der Waals surface area contributed by atoms with E-state index in [1.807, 2.05) is 0 Å². The maximum absolute atomic E-state index is 9.61. The Bertz CT molecular complexity index is 114. The molecule has 10 heavy (non-hydrogen) atoms. The molecule has 2 atom stereocenters. The first kappa shape index (κ1) is 7.98. The predicted octanol–water partition coefficient (Wildman–Crippen LogP) is -0.661. The van der Waals surface area contributed by atoms with Gasteiger partial charge >= 0.3 is 0 Å². The first-order chi connectivity index (χ1) is 4.67. The lowest BCUT2D eigenvalue weighted by atomic mass is 9.84. The summed E-state index contributed by atoms with van der Waals surface area (Å²) in [4.78, 5) is 0. The maximum Gasteiger partial charge on any atom is 0.0793 e. The van der Waals surface area contributed by atoms with Crippen molar-refractivity contribution in [2.24, 2.45) is 5.92 Å². The Balaban J connectivity index is 2.51. The second-order valence-corrected chi connectivity index (χ2v) is 3.20. The highest BCUT2D eigenvalue weighted by Gasteiger charge is 2.33. The monoisotopic (exact) mass is 145 g/mol. The molecule has 0 bridgehead atoms. The van der Waals surface area contributed by atoms with Gasteiger partial charge in [0.1, 0.15) is 0 Å². The van der Waals surface area contributed by atoms with Crippen molar-refractivity contribution in [3.05, 3.63) is 0 Å². The standard InChI is InChI=1S/C7H15NO2/c1-7(10)5-8-3-2-6(7)4-9/h6,8-10H,2-5H2,1H3. The molecule has 0 aliphatic carbocycles. The van der Waals surface area contributed by atoms with E-state index >= 15 is 0 Å². The fourth-order valence-corrected chi connectivity index (χ4v) is 1.36. The molecule has 3 N–H and O–H groups in total. The summed E-state index contributed by atoms with van der Waals surface area (Å²) in [6.45, 7) is 3.36. The molecule has 1 saturated heterocycles. The molecule has 1 rings (SSSR count). The quantitative estimate of drug-likeness (QED) is 0.459. The van der Waals surface area contributed by atoms with Gasteiger partial charge in [0, 0.05) is 19.1 Å². The number of nitrogens with one attached hydrogen (secondary N) is 1. The van der Waals surface area contributed by atoms with E-state index in [9.17, 15) is 5.11 Å². The fourth-order valence-electron chi connectivity index (χ4n) is 1.36. The van der Waals surface area contributed by atoms with E-state index in [1.54, 1.807) is 6.92 Å². The Morgan fingerprint density at radius 1 is 1.70 bits per heavy atom. The van der Waals surface area contributed by atoms with Crippen molar-refractivity contribution in [2.75, 3.05) is 19.7 Å². The minimum Gasteiger partial charge on any atom is -0.396 e. The smallest absolute Gasteiger partial charge is 0.0793 e. The third kappa shape index (κ3) is 1.48. The second kappa shape index (κ2) is 2.86. The lowest BCUT2D eigenvalue weighted by Gasteiger charge is -2.36. The summed E-state index contributed by atoms with van der Waals surface area (Å²) in [7, 11) is 0. The average molecular weight is 145 g/mol. The highest BCUT2D eigenvalue weighted by Crippen LogP contribution is 2.21. The number of aliphatic hydroxyl groups is 2. The van der Waals surface area contributed by atoms with Crippen LogP contribution in [-0.2, 0) is 0 Å². The van der Waals surface area contributed by atoms with Crippen LogP contribution in [0.2, 0.25) is 0 Å². The molecule has 60 valence electrons. The molecule has 0 amide bonds. The summed E-state index contributed by atoms with van der Waals surface area (Å²) in [6.07, 6.45) is 0.865. The molecule has 0 aromatic carbocycles. The van der Waals surface area contributed by atoms with Gasteiger partial charge in [0.15, 0.2) is 0 Å². The van der Waals surface area contributed by atoms with Crippen molar-refractivity contribution in [1.29, 1.82) is 0 Å². The Labute approximate surface area is 61.1 Å². The topological polar surface area (TPSA) is 52.5 Å². The Hall–Kier alpha value is -0.120. The number of β-amino-alcohol motifs (C(OH)–C–C–N with tert-alkyl or cyclic N) is 1. The minimum absolute atomic E-state index is 0.0498. The normalized spacial score (nSPS) is 41.7. The van der Waals surface area contributed by atoms with E-state index in [0.717, 1.165) is 13.0 Å². The van der Waals surface area contributed by atoms with Crippen LogP contribution in [0.3, 0.4) is 0 Å². The van der Waals surface area contributed by atoms with Crippen LogP contribution in [0.15, 0.2) is 0 Å². The van der Waals surface area contributed by atoms with Crippen molar-refractivity contribution >= 4 is 0 Å². The van der Waals surface area contributed by atoms with E-state index < -0.39 is 5.60 Å². The number of hydrogen-bond donors (Lipinski definition) is 3. The molecule has 3 nitrogen and oxygen atoms in total. The molecule has 1 aliphatic heterocycles. The highest BCUT2D eigenvalue weighted by atomic mass is 16.3. The summed E-state index contributed by atoms with van der Waals surface area (Å²) < 4.78 is 0. The summed E-state index contributed by atoms with van der Waals surface area (Å²) >= 11 is 0. The zero-order valence-electron chi connectivity index (χ0n) is 6.30. The van der Waals surface area contributed by atoms with E-state index in [0.29, 0.717) is 6.54 Å². The van der Waals surface area contributed by atoms with Crippen molar-refractivity contribution < 1.29 is 10.2 Å². The number of piperidine rings is 1. The first-order valence-corrected chi connectivity index (χ1v) is 3.71. The van der Waals surface area contributed by atoms with Gasteiger partial charge < -0.3 is 15.5 Å². The maximum atomic E-state index is 9.61. The largest absolute Gasteiger partial charge is 0.396 e. The zero-order valence-corrected chi connectivity index (χ0v) is 6.30. The molecule has 0 saturated carbocycles. The number of rotatable bonds is 1. The molecular weight excluding hydrogens is 130 g/mol. The molecular formula is C7H15NO2. The van der Waals surface area contributed by atoms with Gasteiger partial charge in [0.25, 0.3) is 0 Å². The van der Waals surface area contributed by atoms with Gasteiger partial charge in [-0.2, -0.15) is 0 Å². The predicted molar refractivity (Wildman–Crippen MR) is 38.7 cm³/mol. The third-order valence-electron chi connectivity index (χ3n) is 2.25. The lowest BCUT2D eigenvalue weighted by Crippen LogP contribution is -2.51. The van der Waals surface area contributed by atoms with Gasteiger partial charge in [-0.25, -0.2) is 0 Å². The van der Waals surface area contributed by atoms with Crippen LogP contribution in [-0.4, -0.2) is 35.5 Å². The molecule has 0 spiro atoms. The van der Waals surface area contributed by atoms with E-state index in [4.69, 9.17) is 5.11 Å². The van der Waals surface area contributed by atoms with Gasteiger partial charge in [-0.15, -0.1) is 0 Å². The van der Waals surface area contributed by atoms with Crippen molar-refractivity contribution in [3.8, 4) is 0 Å². The first-order valence-electron chi connectivity index (χ1n) is 3.71. The summed E-state index contributed by atoms with van der Waals surface area (Å²) in [5, 5.41) is 21.5. The van der Waals surface area contributed by atoms with Crippen molar-refractivity contribution in [2.45, 2.75) is 18.9 Å². The van der Waals surface area contributed by atoms with Gasteiger partial charge in [-0.1, -0.05) is 0 Å². The summed E-state index contributed by atoms with van der Waals surface area (Å²) in [5.41, 5.74) is -0.715. The van der Waals surface area contributed by atoms with Crippen LogP contribution in [0, 0.1) is 5.92 Å². The molecule has 3 heteroatoms. The van der Waals surface area contributed by atoms with Gasteiger partial charge in [-0.3, -0.25) is 0 Å². The van der Waals surface area contributed by atoms with Crippen LogP contribution >= 0.6 is 0 Å². The highest BCUT2D eigenvalue weighted by molar-refractivity contribution is 4.87. The van der Waals surface area contributed by atoms with Crippen LogP contribution in [0.5, 0.6) is 0 Å². The van der Waals surface area contributed by atoms with Crippen molar-refractivity contribution in [1.82, 2.24) is 5.32 Å². The lowest BCUT2D eigenvalue weighted by molar-refractivity contribution is -0.0408. The van der Waals surface area contributed by atoms with Gasteiger partial charge in [0.05, 0.1) is 5.60 Å². The van der Waals surface area contributed by atoms with Crippen LogP contribution < -0.4 is 5.32 Å². The molecule has 0 aromatic heterocycles. The molecule has 0 aromatic rings. The summed E-state index contributed by atoms with van der Waals surface area (Å²) in [6, 6.07) is 0. The molecule has 2 unspecified atom stereocenters. The van der Waals surface area contributed by atoms with E-state index in [1.165, 1.54) is 0 Å². The fraction of sp³-hybridized carbons (Fsp3) is 1.00. The molecule has 1 aliphatic rings. The Morgan fingerprint density at radius 2 is 2.40 bits per heavy atom. The third-order valence-corrected chi connectivity index (χ3v) is 2.25. The zero-order chi connectivity index (χ0) is 7.61. The second-order valence-electron chi connectivity index (χ2n) is 3.20.